The van der Waals surface area contributed by atoms with Crippen LogP contribution >= 0.6 is 0 Å². The SMILES string of the molecule is CC(C)C(=O)Oc1ccc(C=C(O)C(CO)(CO)C(O)=Cc2ccc(OC(=O)C(C)C)cc2)cc1. The fourth-order valence-electron chi connectivity index (χ4n) is 2.83. The zero-order valence-electron chi connectivity index (χ0n) is 20.3. The van der Waals surface area contributed by atoms with Crippen LogP contribution in [0.3, 0.4) is 0 Å². The highest BCUT2D eigenvalue weighted by Crippen LogP contribution is 2.35. The predicted molar refractivity (Wildman–Crippen MR) is 132 cm³/mol. The Hall–Kier alpha value is -3.62. The number of aliphatic hydroxyl groups is 4. The lowest BCUT2D eigenvalue weighted by Crippen LogP contribution is -2.34. The van der Waals surface area contributed by atoms with Crippen molar-refractivity contribution >= 4 is 24.1 Å². The van der Waals surface area contributed by atoms with E-state index in [0.29, 0.717) is 22.6 Å². The summed E-state index contributed by atoms with van der Waals surface area (Å²) in [5, 5.41) is 41.5. The van der Waals surface area contributed by atoms with E-state index in [2.05, 4.69) is 0 Å². The van der Waals surface area contributed by atoms with Crippen LogP contribution in [0.1, 0.15) is 38.8 Å². The van der Waals surface area contributed by atoms with Crippen molar-refractivity contribution < 1.29 is 39.5 Å². The molecule has 0 unspecified atom stereocenters. The third kappa shape index (κ3) is 7.18. The van der Waals surface area contributed by atoms with Crippen LogP contribution in [-0.2, 0) is 9.59 Å². The molecule has 0 aliphatic rings. The lowest BCUT2D eigenvalue weighted by Gasteiger charge is -2.28. The summed E-state index contributed by atoms with van der Waals surface area (Å²) in [5.41, 5.74) is -0.879. The predicted octanol–water partition coefficient (Wildman–Crippen LogP) is 4.28. The third-order valence-corrected chi connectivity index (χ3v) is 5.27. The van der Waals surface area contributed by atoms with Crippen molar-refractivity contribution in [2.24, 2.45) is 17.3 Å². The summed E-state index contributed by atoms with van der Waals surface area (Å²) in [6.45, 7) is 5.33. The highest BCUT2D eigenvalue weighted by molar-refractivity contribution is 5.75. The van der Waals surface area contributed by atoms with Gasteiger partial charge in [-0.3, -0.25) is 9.59 Å². The third-order valence-electron chi connectivity index (χ3n) is 5.27. The number of carbonyl (C=O) groups is 2. The first kappa shape index (κ1) is 27.6. The molecule has 8 nitrogen and oxygen atoms in total. The lowest BCUT2D eigenvalue weighted by molar-refractivity contribution is -0.138. The Bertz CT molecular complexity index is 976. The first-order valence-electron chi connectivity index (χ1n) is 11.2. The molecule has 0 aromatic heterocycles. The van der Waals surface area contributed by atoms with Gasteiger partial charge in [-0.1, -0.05) is 52.0 Å². The maximum atomic E-state index is 11.7. The number of ether oxygens (including phenoxy) is 2. The van der Waals surface area contributed by atoms with E-state index in [-0.39, 0.29) is 23.8 Å². The lowest BCUT2D eigenvalue weighted by atomic mass is 9.83. The molecule has 2 aromatic rings. The van der Waals surface area contributed by atoms with Gasteiger partial charge in [-0.25, -0.2) is 0 Å². The Labute approximate surface area is 204 Å². The zero-order valence-corrected chi connectivity index (χ0v) is 20.3. The maximum Gasteiger partial charge on any atom is 0.313 e. The summed E-state index contributed by atoms with van der Waals surface area (Å²) in [5.74, 6) is -1.59. The van der Waals surface area contributed by atoms with E-state index < -0.39 is 30.1 Å². The van der Waals surface area contributed by atoms with Gasteiger partial charge in [0.25, 0.3) is 0 Å². The summed E-state index contributed by atoms with van der Waals surface area (Å²) in [4.78, 5) is 23.4. The first-order chi connectivity index (χ1) is 16.5. The van der Waals surface area contributed by atoms with E-state index in [1.165, 1.54) is 12.2 Å². The van der Waals surface area contributed by atoms with Gasteiger partial charge in [0.1, 0.15) is 28.4 Å². The van der Waals surface area contributed by atoms with E-state index >= 15 is 0 Å². The standard InChI is InChI=1S/C27H32O8/c1-17(2)25(32)34-21-9-5-19(6-10-21)13-23(30)27(15-28,16-29)24(31)14-20-7-11-22(12-8-20)35-26(33)18(3)4/h5-14,17-18,28-31H,15-16H2,1-4H3. The monoisotopic (exact) mass is 484 g/mol. The van der Waals surface area contributed by atoms with E-state index in [9.17, 15) is 30.0 Å². The van der Waals surface area contributed by atoms with Gasteiger partial charge in [0.05, 0.1) is 25.0 Å². The van der Waals surface area contributed by atoms with E-state index in [1.807, 2.05) is 0 Å². The molecule has 0 atom stereocenters. The molecule has 4 N–H and O–H groups in total. The molecule has 0 radical (unpaired) electrons. The van der Waals surface area contributed by atoms with E-state index in [0.717, 1.165) is 0 Å². The maximum absolute atomic E-state index is 11.7. The molecule has 0 aliphatic heterocycles. The van der Waals surface area contributed by atoms with E-state index in [1.54, 1.807) is 76.2 Å². The molecule has 0 spiro atoms. The number of rotatable bonds is 10. The molecule has 188 valence electrons. The highest BCUT2D eigenvalue weighted by atomic mass is 16.5. The first-order valence-corrected chi connectivity index (χ1v) is 11.2. The van der Waals surface area contributed by atoms with Crippen LogP contribution in [0.15, 0.2) is 60.0 Å². The van der Waals surface area contributed by atoms with Crippen molar-refractivity contribution in [1.82, 2.24) is 0 Å². The smallest absolute Gasteiger partial charge is 0.313 e. The average Bonchev–Trinajstić information content (AvgIpc) is 2.82. The molecule has 0 amide bonds. The van der Waals surface area contributed by atoms with E-state index in [4.69, 9.17) is 9.47 Å². The molecule has 0 fully saturated rings. The normalized spacial score (nSPS) is 12.7. The van der Waals surface area contributed by atoms with Crippen molar-refractivity contribution in [2.45, 2.75) is 27.7 Å². The minimum Gasteiger partial charge on any atom is -0.511 e. The van der Waals surface area contributed by atoms with Crippen molar-refractivity contribution in [2.75, 3.05) is 13.2 Å². The van der Waals surface area contributed by atoms with Crippen LogP contribution in [0.4, 0.5) is 0 Å². The van der Waals surface area contributed by atoms with Crippen molar-refractivity contribution in [3.63, 3.8) is 0 Å². The van der Waals surface area contributed by atoms with Crippen LogP contribution < -0.4 is 9.47 Å². The van der Waals surface area contributed by atoms with Crippen LogP contribution in [0.2, 0.25) is 0 Å². The number of benzene rings is 2. The summed E-state index contributed by atoms with van der Waals surface area (Å²) in [6, 6.07) is 12.5. The van der Waals surface area contributed by atoms with Crippen LogP contribution in [0, 0.1) is 17.3 Å². The Balaban J connectivity index is 2.26. The molecule has 0 heterocycles. The molecule has 0 saturated heterocycles. The molecular weight excluding hydrogens is 452 g/mol. The Morgan fingerprint density at radius 3 is 1.29 bits per heavy atom. The topological polar surface area (TPSA) is 134 Å². The summed E-state index contributed by atoms with van der Waals surface area (Å²) < 4.78 is 10.4. The molecule has 0 saturated carbocycles. The second-order valence-electron chi connectivity index (χ2n) is 8.75. The number of hydrogen-bond acceptors (Lipinski definition) is 8. The van der Waals surface area contributed by atoms with Gasteiger partial charge in [0.15, 0.2) is 0 Å². The van der Waals surface area contributed by atoms with Crippen molar-refractivity contribution in [1.29, 1.82) is 0 Å². The van der Waals surface area contributed by atoms with Crippen LogP contribution in [0.25, 0.3) is 12.2 Å². The average molecular weight is 485 g/mol. The fraction of sp³-hybridized carbons (Fsp3) is 0.333. The highest BCUT2D eigenvalue weighted by Gasteiger charge is 2.38. The van der Waals surface area contributed by atoms with Gasteiger partial charge in [0.2, 0.25) is 0 Å². The quantitative estimate of drug-likeness (QED) is 0.223. The second kappa shape index (κ2) is 12.2. The molecular formula is C27H32O8. The minimum absolute atomic E-state index is 0.283. The van der Waals surface area contributed by atoms with Gasteiger partial charge < -0.3 is 29.9 Å². The molecule has 2 rings (SSSR count). The number of hydrogen-bond donors (Lipinski definition) is 4. The second-order valence-corrected chi connectivity index (χ2v) is 8.75. The number of carbonyl (C=O) groups excluding carboxylic acids is 2. The Morgan fingerprint density at radius 1 is 0.714 bits per heavy atom. The Morgan fingerprint density at radius 2 is 1.03 bits per heavy atom. The fourth-order valence-corrected chi connectivity index (χ4v) is 2.83. The van der Waals surface area contributed by atoms with Crippen molar-refractivity contribution in [3.05, 3.63) is 71.2 Å². The van der Waals surface area contributed by atoms with Gasteiger partial charge in [-0.15, -0.1) is 0 Å². The number of aliphatic hydroxyl groups excluding tert-OH is 4. The molecule has 35 heavy (non-hydrogen) atoms. The molecule has 0 aliphatic carbocycles. The van der Waals surface area contributed by atoms with Crippen molar-refractivity contribution in [3.8, 4) is 11.5 Å². The molecule has 8 heteroatoms. The largest absolute Gasteiger partial charge is 0.511 e. The molecule has 0 bridgehead atoms. The summed E-state index contributed by atoms with van der Waals surface area (Å²) >= 11 is 0. The molecule has 2 aromatic carbocycles. The van der Waals surface area contributed by atoms with Gasteiger partial charge in [-0.2, -0.15) is 0 Å². The van der Waals surface area contributed by atoms with Crippen LogP contribution in [-0.4, -0.2) is 45.6 Å². The van der Waals surface area contributed by atoms with Gasteiger partial charge >= 0.3 is 11.9 Å². The minimum atomic E-state index is -1.86. The number of esters is 2. The van der Waals surface area contributed by atoms with Gasteiger partial charge in [-0.05, 0) is 47.5 Å². The zero-order chi connectivity index (χ0) is 26.2. The summed E-state index contributed by atoms with van der Waals surface area (Å²) in [6.07, 6.45) is 2.58. The summed E-state index contributed by atoms with van der Waals surface area (Å²) in [7, 11) is 0. The van der Waals surface area contributed by atoms with Crippen LogP contribution in [0.5, 0.6) is 11.5 Å². The Kier molecular flexibility index (Phi) is 9.62. The van der Waals surface area contributed by atoms with Gasteiger partial charge in [0, 0.05) is 0 Å².